The molecule has 4 heterocycles. The standard InChI is InChI=1S/C25H30Cl2N6O3/c1-16-21(32-9-3-4-24(32)34)5-6-23(30-16)33-15-20(27)22(12-25(33)35)36-19-7-10-31(11-8-19)17(2)29-14-18(26)13-28/h5-6,13-15,19,22,28H,3-4,7-12H2,1-2H3/b18-14+,28-13?,29-17+. The van der Waals surface area contributed by atoms with Gasteiger partial charge in [-0.1, -0.05) is 23.2 Å². The molecule has 1 unspecified atom stereocenters. The summed E-state index contributed by atoms with van der Waals surface area (Å²) in [7, 11) is 0. The van der Waals surface area contributed by atoms with Crippen LogP contribution < -0.4 is 9.80 Å². The van der Waals surface area contributed by atoms with Crippen LogP contribution in [0.4, 0.5) is 11.5 Å². The molecule has 2 saturated heterocycles. The molecule has 3 aliphatic heterocycles. The SMILES string of the molecule is C/C(=N\C=C(\Cl)C=N)N1CCC(OC2CC(=O)N(c3ccc(N4CCCC4=O)c(C)n3)C=C2Cl)CC1. The molecule has 0 radical (unpaired) electrons. The summed E-state index contributed by atoms with van der Waals surface area (Å²) in [6.45, 7) is 5.97. The Hall–Kier alpha value is -2.75. The van der Waals surface area contributed by atoms with Crippen LogP contribution in [0.1, 0.15) is 44.7 Å². The Labute approximate surface area is 220 Å². The van der Waals surface area contributed by atoms with Crippen molar-refractivity contribution in [2.75, 3.05) is 29.4 Å². The highest BCUT2D eigenvalue weighted by Crippen LogP contribution is 2.31. The van der Waals surface area contributed by atoms with Gasteiger partial charge in [0.25, 0.3) is 0 Å². The van der Waals surface area contributed by atoms with Gasteiger partial charge < -0.3 is 19.9 Å². The number of allylic oxidation sites excluding steroid dienone is 1. The van der Waals surface area contributed by atoms with Gasteiger partial charge in [0, 0.05) is 44.7 Å². The molecule has 3 aliphatic rings. The number of halogens is 2. The first kappa shape index (κ1) is 26.3. The molecule has 192 valence electrons. The van der Waals surface area contributed by atoms with Crippen molar-refractivity contribution in [2.24, 2.45) is 4.99 Å². The molecule has 0 aromatic carbocycles. The average Bonchev–Trinajstić information content (AvgIpc) is 3.30. The predicted octanol–water partition coefficient (Wildman–Crippen LogP) is 4.33. The molecule has 0 spiro atoms. The smallest absolute Gasteiger partial charge is 0.235 e. The van der Waals surface area contributed by atoms with Crippen LogP contribution in [0.25, 0.3) is 0 Å². The molecule has 11 heteroatoms. The summed E-state index contributed by atoms with van der Waals surface area (Å²) >= 11 is 12.4. The second-order valence-corrected chi connectivity index (χ2v) is 9.92. The zero-order valence-corrected chi connectivity index (χ0v) is 21.9. The minimum Gasteiger partial charge on any atom is -0.369 e. The lowest BCUT2D eigenvalue weighted by Crippen LogP contribution is -2.43. The van der Waals surface area contributed by atoms with E-state index in [1.165, 1.54) is 11.1 Å². The first-order valence-corrected chi connectivity index (χ1v) is 12.8. The number of likely N-dealkylation sites (tertiary alicyclic amines) is 1. The molecule has 0 saturated carbocycles. The first-order valence-electron chi connectivity index (χ1n) is 12.0. The second-order valence-electron chi connectivity index (χ2n) is 9.05. The zero-order valence-electron chi connectivity index (χ0n) is 20.4. The van der Waals surface area contributed by atoms with Gasteiger partial charge in [0.15, 0.2) is 0 Å². The molecule has 4 rings (SSSR count). The van der Waals surface area contributed by atoms with Gasteiger partial charge in [0.05, 0.1) is 34.0 Å². The number of piperidine rings is 1. The van der Waals surface area contributed by atoms with E-state index < -0.39 is 6.10 Å². The van der Waals surface area contributed by atoms with Crippen LogP contribution in [0.2, 0.25) is 0 Å². The van der Waals surface area contributed by atoms with E-state index >= 15 is 0 Å². The minimum absolute atomic E-state index is 0.0149. The lowest BCUT2D eigenvalue weighted by Gasteiger charge is -2.36. The summed E-state index contributed by atoms with van der Waals surface area (Å²) in [6.07, 6.45) is 6.69. The van der Waals surface area contributed by atoms with Crippen molar-refractivity contribution in [3.05, 3.63) is 40.3 Å². The summed E-state index contributed by atoms with van der Waals surface area (Å²) in [5, 5.41) is 7.84. The van der Waals surface area contributed by atoms with Crippen molar-refractivity contribution in [1.82, 2.24) is 9.88 Å². The number of carbonyl (C=O) groups is 2. The van der Waals surface area contributed by atoms with E-state index in [1.807, 2.05) is 19.9 Å². The summed E-state index contributed by atoms with van der Waals surface area (Å²) in [6, 6.07) is 3.59. The van der Waals surface area contributed by atoms with Crippen LogP contribution in [0.15, 0.2) is 39.6 Å². The van der Waals surface area contributed by atoms with E-state index in [2.05, 4.69) is 14.9 Å². The summed E-state index contributed by atoms with van der Waals surface area (Å²) in [4.78, 5) is 39.3. The number of nitrogens with one attached hydrogen (secondary N) is 1. The maximum atomic E-state index is 13.0. The third kappa shape index (κ3) is 5.96. The van der Waals surface area contributed by atoms with E-state index in [0.29, 0.717) is 29.5 Å². The molecule has 0 bridgehead atoms. The summed E-state index contributed by atoms with van der Waals surface area (Å²) in [5.74, 6) is 1.26. The number of anilines is 2. The molecule has 1 aromatic heterocycles. The molecule has 9 nitrogen and oxygen atoms in total. The number of ether oxygens (including phenoxy) is 1. The average molecular weight is 533 g/mol. The quantitative estimate of drug-likeness (QED) is 0.433. The number of nitrogens with zero attached hydrogens (tertiary/aromatic N) is 5. The molecular weight excluding hydrogens is 503 g/mol. The van der Waals surface area contributed by atoms with Crippen molar-refractivity contribution in [3.63, 3.8) is 0 Å². The number of carbonyl (C=O) groups excluding carboxylic acids is 2. The molecule has 2 fully saturated rings. The second kappa shape index (κ2) is 11.5. The van der Waals surface area contributed by atoms with Gasteiger partial charge in [-0.15, -0.1) is 0 Å². The van der Waals surface area contributed by atoms with Crippen molar-refractivity contribution in [3.8, 4) is 0 Å². The zero-order chi connectivity index (χ0) is 25.8. The van der Waals surface area contributed by atoms with E-state index in [-0.39, 0.29) is 29.4 Å². The number of aliphatic imine (C=N–C) groups is 1. The van der Waals surface area contributed by atoms with E-state index in [4.69, 9.17) is 33.3 Å². The maximum absolute atomic E-state index is 13.0. The Morgan fingerprint density at radius 2 is 1.97 bits per heavy atom. The molecular formula is C25H30Cl2N6O3. The number of rotatable bonds is 6. The van der Waals surface area contributed by atoms with Gasteiger partial charge in [0.1, 0.15) is 17.8 Å². The molecule has 1 N–H and O–H groups in total. The van der Waals surface area contributed by atoms with E-state index in [9.17, 15) is 9.59 Å². The van der Waals surface area contributed by atoms with Crippen molar-refractivity contribution < 1.29 is 14.3 Å². The van der Waals surface area contributed by atoms with Crippen LogP contribution in [-0.4, -0.2) is 65.6 Å². The fourth-order valence-electron chi connectivity index (χ4n) is 4.62. The highest BCUT2D eigenvalue weighted by atomic mass is 35.5. The van der Waals surface area contributed by atoms with Gasteiger partial charge in [-0.3, -0.25) is 14.5 Å². The van der Waals surface area contributed by atoms with E-state index in [0.717, 1.165) is 50.1 Å². The van der Waals surface area contributed by atoms with Crippen molar-refractivity contribution in [2.45, 2.75) is 58.2 Å². The Bertz CT molecular complexity index is 1130. The largest absolute Gasteiger partial charge is 0.369 e. The molecule has 36 heavy (non-hydrogen) atoms. The summed E-state index contributed by atoms with van der Waals surface area (Å²) in [5.41, 5.74) is 1.47. The van der Waals surface area contributed by atoms with Gasteiger partial charge in [-0.25, -0.2) is 9.98 Å². The maximum Gasteiger partial charge on any atom is 0.235 e. The van der Waals surface area contributed by atoms with Crippen LogP contribution in [0.3, 0.4) is 0 Å². The molecule has 2 amide bonds. The van der Waals surface area contributed by atoms with E-state index in [1.54, 1.807) is 17.2 Å². The van der Waals surface area contributed by atoms with Crippen LogP contribution in [0, 0.1) is 12.3 Å². The van der Waals surface area contributed by atoms with Crippen LogP contribution >= 0.6 is 23.2 Å². The number of aryl methyl sites for hydroxylation is 1. The Morgan fingerprint density at radius 3 is 2.61 bits per heavy atom. The number of hydrogen-bond donors (Lipinski definition) is 1. The number of pyridine rings is 1. The topological polar surface area (TPSA) is 102 Å². The predicted molar refractivity (Wildman–Crippen MR) is 142 cm³/mol. The Kier molecular flexibility index (Phi) is 8.43. The monoisotopic (exact) mass is 532 g/mol. The molecule has 1 atom stereocenters. The fraction of sp³-hybridized carbons (Fsp3) is 0.480. The van der Waals surface area contributed by atoms with Gasteiger partial charge in [-0.05, 0) is 45.2 Å². The molecule has 0 aliphatic carbocycles. The third-order valence-electron chi connectivity index (χ3n) is 6.61. The molecule has 1 aromatic rings. The van der Waals surface area contributed by atoms with Gasteiger partial charge in [0.2, 0.25) is 11.8 Å². The lowest BCUT2D eigenvalue weighted by atomic mass is 10.1. The third-order valence-corrected chi connectivity index (χ3v) is 7.16. The Balaban J connectivity index is 1.36. The number of amides is 2. The van der Waals surface area contributed by atoms with Crippen LogP contribution in [-0.2, 0) is 14.3 Å². The fourth-order valence-corrected chi connectivity index (χ4v) is 4.90. The number of hydrogen-bond acceptors (Lipinski definition) is 6. The highest BCUT2D eigenvalue weighted by Gasteiger charge is 2.33. The van der Waals surface area contributed by atoms with Gasteiger partial charge in [-0.2, -0.15) is 0 Å². The first-order chi connectivity index (χ1) is 17.3. The van der Waals surface area contributed by atoms with Crippen molar-refractivity contribution in [1.29, 1.82) is 5.41 Å². The minimum atomic E-state index is -0.487. The Morgan fingerprint density at radius 1 is 1.22 bits per heavy atom. The highest BCUT2D eigenvalue weighted by molar-refractivity contribution is 6.38. The number of aromatic nitrogens is 1. The normalized spacial score (nSPS) is 22.4. The number of amidine groups is 1. The summed E-state index contributed by atoms with van der Waals surface area (Å²) < 4.78 is 6.22. The van der Waals surface area contributed by atoms with Crippen molar-refractivity contribution >= 4 is 58.6 Å². The van der Waals surface area contributed by atoms with Crippen LogP contribution in [0.5, 0.6) is 0 Å². The van der Waals surface area contributed by atoms with Gasteiger partial charge >= 0.3 is 0 Å². The lowest BCUT2D eigenvalue weighted by molar-refractivity contribution is -0.122.